The first-order valence-corrected chi connectivity index (χ1v) is 6.46. The van der Waals surface area contributed by atoms with Crippen LogP contribution in [0.1, 0.15) is 30.7 Å². The standard InChI is InChI=1S/C12H17NOS/c13-7-6-9-3-2-8-15-12-10(9)4-1-5-11(12)14/h1,4-5,9,14H,2-3,6-8,13H2. The van der Waals surface area contributed by atoms with E-state index in [1.54, 1.807) is 17.8 Å². The molecule has 0 saturated heterocycles. The van der Waals surface area contributed by atoms with Gasteiger partial charge in [0, 0.05) is 0 Å². The second-order valence-electron chi connectivity index (χ2n) is 3.96. The first-order valence-electron chi connectivity index (χ1n) is 5.47. The summed E-state index contributed by atoms with van der Waals surface area (Å²) >= 11 is 1.77. The Morgan fingerprint density at radius 3 is 3.13 bits per heavy atom. The molecule has 1 atom stereocenters. The van der Waals surface area contributed by atoms with E-state index < -0.39 is 0 Å². The van der Waals surface area contributed by atoms with Gasteiger partial charge in [0.05, 0.1) is 4.90 Å². The van der Waals surface area contributed by atoms with Crippen LogP contribution in [0.25, 0.3) is 0 Å². The summed E-state index contributed by atoms with van der Waals surface area (Å²) in [6, 6.07) is 5.84. The van der Waals surface area contributed by atoms with Crippen LogP contribution in [-0.2, 0) is 0 Å². The van der Waals surface area contributed by atoms with Crippen molar-refractivity contribution in [2.24, 2.45) is 5.73 Å². The van der Waals surface area contributed by atoms with Crippen molar-refractivity contribution in [3.8, 4) is 5.75 Å². The van der Waals surface area contributed by atoms with Gasteiger partial charge in [0.1, 0.15) is 5.75 Å². The molecule has 0 saturated carbocycles. The molecule has 0 amide bonds. The Bertz CT molecular complexity index is 340. The molecule has 2 nitrogen and oxygen atoms in total. The molecule has 0 aliphatic carbocycles. The monoisotopic (exact) mass is 223 g/mol. The zero-order valence-corrected chi connectivity index (χ0v) is 9.59. The zero-order valence-electron chi connectivity index (χ0n) is 8.78. The van der Waals surface area contributed by atoms with Gasteiger partial charge in [0.2, 0.25) is 0 Å². The summed E-state index contributed by atoms with van der Waals surface area (Å²) in [6.07, 6.45) is 3.43. The van der Waals surface area contributed by atoms with Crippen LogP contribution in [0.15, 0.2) is 23.1 Å². The van der Waals surface area contributed by atoms with Crippen LogP contribution in [-0.4, -0.2) is 17.4 Å². The van der Waals surface area contributed by atoms with Gasteiger partial charge < -0.3 is 10.8 Å². The van der Waals surface area contributed by atoms with Gasteiger partial charge in [-0.25, -0.2) is 0 Å². The number of phenols is 1. The van der Waals surface area contributed by atoms with Crippen molar-refractivity contribution in [3.05, 3.63) is 23.8 Å². The average molecular weight is 223 g/mol. The first kappa shape index (κ1) is 10.8. The highest BCUT2D eigenvalue weighted by Gasteiger charge is 2.20. The zero-order chi connectivity index (χ0) is 10.7. The van der Waals surface area contributed by atoms with Crippen molar-refractivity contribution in [1.82, 2.24) is 0 Å². The third-order valence-electron chi connectivity index (χ3n) is 2.92. The van der Waals surface area contributed by atoms with Crippen LogP contribution < -0.4 is 5.73 Å². The summed E-state index contributed by atoms with van der Waals surface area (Å²) in [7, 11) is 0. The van der Waals surface area contributed by atoms with Crippen LogP contribution in [0.5, 0.6) is 5.75 Å². The van der Waals surface area contributed by atoms with Crippen molar-refractivity contribution in [2.75, 3.05) is 12.3 Å². The largest absolute Gasteiger partial charge is 0.507 e. The van der Waals surface area contributed by atoms with Crippen LogP contribution in [0.3, 0.4) is 0 Å². The van der Waals surface area contributed by atoms with E-state index >= 15 is 0 Å². The van der Waals surface area contributed by atoms with Gasteiger partial charge in [-0.2, -0.15) is 0 Å². The van der Waals surface area contributed by atoms with Gasteiger partial charge in [-0.05, 0) is 49.1 Å². The number of thioether (sulfide) groups is 1. The predicted molar refractivity (Wildman–Crippen MR) is 64.5 cm³/mol. The highest BCUT2D eigenvalue weighted by molar-refractivity contribution is 7.99. The number of aromatic hydroxyl groups is 1. The molecule has 1 aliphatic rings. The lowest BCUT2D eigenvalue weighted by molar-refractivity contribution is 0.457. The number of fused-ring (bicyclic) bond motifs is 1. The summed E-state index contributed by atoms with van der Waals surface area (Å²) in [5.41, 5.74) is 6.93. The molecular weight excluding hydrogens is 206 g/mol. The Hall–Kier alpha value is -0.670. The maximum absolute atomic E-state index is 9.82. The predicted octanol–water partition coefficient (Wildman–Crippen LogP) is 2.71. The number of hydrogen-bond acceptors (Lipinski definition) is 3. The summed E-state index contributed by atoms with van der Waals surface area (Å²) < 4.78 is 0. The molecule has 3 N–H and O–H groups in total. The van der Waals surface area contributed by atoms with Gasteiger partial charge in [0.15, 0.2) is 0 Å². The minimum atomic E-state index is 0.432. The van der Waals surface area contributed by atoms with Crippen molar-refractivity contribution >= 4 is 11.8 Å². The molecule has 0 fully saturated rings. The summed E-state index contributed by atoms with van der Waals surface area (Å²) in [5.74, 6) is 2.07. The average Bonchev–Trinajstić information content (AvgIpc) is 2.43. The van der Waals surface area contributed by atoms with Crippen molar-refractivity contribution in [1.29, 1.82) is 0 Å². The molecule has 1 aliphatic heterocycles. The molecule has 15 heavy (non-hydrogen) atoms. The normalized spacial score (nSPS) is 20.7. The molecular formula is C12H17NOS. The lowest BCUT2D eigenvalue weighted by Gasteiger charge is -2.16. The Labute approximate surface area is 94.9 Å². The topological polar surface area (TPSA) is 46.2 Å². The Morgan fingerprint density at radius 2 is 2.33 bits per heavy atom. The van der Waals surface area contributed by atoms with Crippen LogP contribution >= 0.6 is 11.8 Å². The Morgan fingerprint density at radius 1 is 1.47 bits per heavy atom. The summed E-state index contributed by atoms with van der Waals surface area (Å²) in [4.78, 5) is 1.08. The fraction of sp³-hybridized carbons (Fsp3) is 0.500. The molecule has 1 unspecified atom stereocenters. The second kappa shape index (κ2) is 4.90. The molecule has 0 spiro atoms. The summed E-state index contributed by atoms with van der Waals surface area (Å²) in [6.45, 7) is 0.727. The third kappa shape index (κ3) is 2.29. The van der Waals surface area contributed by atoms with Gasteiger partial charge in [-0.15, -0.1) is 11.8 Å². The summed E-state index contributed by atoms with van der Waals surface area (Å²) in [5, 5.41) is 9.82. The highest BCUT2D eigenvalue weighted by atomic mass is 32.2. The van der Waals surface area contributed by atoms with Gasteiger partial charge in [-0.3, -0.25) is 0 Å². The van der Waals surface area contributed by atoms with E-state index in [-0.39, 0.29) is 0 Å². The third-order valence-corrected chi connectivity index (χ3v) is 4.15. The lowest BCUT2D eigenvalue weighted by Crippen LogP contribution is -2.07. The van der Waals surface area contributed by atoms with Crippen molar-refractivity contribution in [2.45, 2.75) is 30.1 Å². The fourth-order valence-corrected chi connectivity index (χ4v) is 3.31. The molecule has 0 bridgehead atoms. The molecule has 2 rings (SSSR count). The molecule has 0 aromatic heterocycles. The number of rotatable bonds is 2. The molecule has 1 aromatic rings. The van der Waals surface area contributed by atoms with Gasteiger partial charge in [0.25, 0.3) is 0 Å². The van der Waals surface area contributed by atoms with Gasteiger partial charge in [-0.1, -0.05) is 12.1 Å². The molecule has 0 radical (unpaired) electrons. The second-order valence-corrected chi connectivity index (χ2v) is 5.07. The molecule has 1 aromatic carbocycles. The maximum Gasteiger partial charge on any atom is 0.129 e. The number of phenolic OH excluding ortho intramolecular Hbond substituents is 1. The number of nitrogens with two attached hydrogens (primary N) is 1. The van der Waals surface area contributed by atoms with Crippen LogP contribution in [0, 0.1) is 0 Å². The molecule has 1 heterocycles. The van der Waals surface area contributed by atoms with Crippen LogP contribution in [0.4, 0.5) is 0 Å². The van der Waals surface area contributed by atoms with E-state index in [9.17, 15) is 5.11 Å². The minimum absolute atomic E-state index is 0.432. The molecule has 82 valence electrons. The number of benzene rings is 1. The molecule has 3 heteroatoms. The minimum Gasteiger partial charge on any atom is -0.507 e. The van der Waals surface area contributed by atoms with Gasteiger partial charge >= 0.3 is 0 Å². The quantitative estimate of drug-likeness (QED) is 0.810. The first-order chi connectivity index (χ1) is 7.33. The van der Waals surface area contributed by atoms with Crippen molar-refractivity contribution in [3.63, 3.8) is 0 Å². The van der Waals surface area contributed by atoms with E-state index in [4.69, 9.17) is 5.73 Å². The van der Waals surface area contributed by atoms with E-state index in [0.717, 1.165) is 23.6 Å². The van der Waals surface area contributed by atoms with Crippen molar-refractivity contribution < 1.29 is 5.11 Å². The van der Waals surface area contributed by atoms with E-state index in [0.29, 0.717) is 11.7 Å². The SMILES string of the molecule is NCCC1CCCSc2c(O)cccc21. The highest BCUT2D eigenvalue weighted by Crippen LogP contribution is 2.41. The van der Waals surface area contributed by atoms with E-state index in [1.165, 1.54) is 18.4 Å². The Kier molecular flexibility index (Phi) is 3.54. The lowest BCUT2D eigenvalue weighted by atomic mass is 9.91. The fourth-order valence-electron chi connectivity index (χ4n) is 2.18. The smallest absolute Gasteiger partial charge is 0.129 e. The van der Waals surface area contributed by atoms with Crippen LogP contribution in [0.2, 0.25) is 0 Å². The maximum atomic E-state index is 9.82. The van der Waals surface area contributed by atoms with E-state index in [1.807, 2.05) is 6.07 Å². The Balaban J connectivity index is 2.36. The number of hydrogen-bond donors (Lipinski definition) is 2. The van der Waals surface area contributed by atoms with E-state index in [2.05, 4.69) is 6.07 Å².